The topological polar surface area (TPSA) is 45.7 Å². The third kappa shape index (κ3) is 4.01. The molecule has 0 unspecified atom stereocenters. The molecule has 1 saturated carbocycles. The average molecular weight is 307 g/mol. The van der Waals surface area contributed by atoms with Gasteiger partial charge in [0, 0.05) is 26.2 Å². The monoisotopic (exact) mass is 307 g/mol. The van der Waals surface area contributed by atoms with E-state index in [-0.39, 0.29) is 17.7 Å². The number of amides is 1. The predicted molar refractivity (Wildman–Crippen MR) is 80.1 cm³/mol. The lowest BCUT2D eigenvalue weighted by molar-refractivity contribution is -0.0335. The first-order valence-corrected chi connectivity index (χ1v) is 7.83. The molecule has 0 radical (unpaired) electrons. The van der Waals surface area contributed by atoms with E-state index in [1.807, 2.05) is 0 Å². The number of aromatic nitrogens is 1. The van der Waals surface area contributed by atoms with E-state index in [1.54, 1.807) is 4.90 Å². The lowest BCUT2D eigenvalue weighted by atomic mass is 10.2. The molecule has 0 N–H and O–H groups in total. The summed E-state index contributed by atoms with van der Waals surface area (Å²) in [5, 5.41) is 0. The van der Waals surface area contributed by atoms with E-state index in [9.17, 15) is 9.18 Å². The Hall–Kier alpha value is -1.53. The maximum atomic E-state index is 12.9. The average Bonchev–Trinajstić information content (AvgIpc) is 3.31. The van der Waals surface area contributed by atoms with Crippen LogP contribution in [-0.4, -0.2) is 66.6 Å². The summed E-state index contributed by atoms with van der Waals surface area (Å²) >= 11 is 0. The lowest BCUT2D eigenvalue weighted by Crippen LogP contribution is -2.49. The van der Waals surface area contributed by atoms with Crippen molar-refractivity contribution in [2.24, 2.45) is 5.92 Å². The highest BCUT2D eigenvalue weighted by Gasteiger charge is 2.28. The number of pyridine rings is 1. The molecule has 1 atom stereocenters. The van der Waals surface area contributed by atoms with E-state index in [0.29, 0.717) is 19.7 Å². The molecule has 120 valence electrons. The van der Waals surface area contributed by atoms with Crippen molar-refractivity contribution in [2.75, 3.05) is 39.8 Å². The SMILES string of the molecule is CN(CC1CC1)C[C@@H]1CN(C(=O)c2ccc(F)cn2)CCO1. The van der Waals surface area contributed by atoms with Crippen molar-refractivity contribution in [2.45, 2.75) is 18.9 Å². The Morgan fingerprint density at radius 1 is 1.45 bits per heavy atom. The van der Waals surface area contributed by atoms with Gasteiger partial charge in [-0.15, -0.1) is 0 Å². The highest BCUT2D eigenvalue weighted by atomic mass is 19.1. The van der Waals surface area contributed by atoms with E-state index in [2.05, 4.69) is 16.9 Å². The van der Waals surface area contributed by atoms with Gasteiger partial charge in [0.05, 0.1) is 18.9 Å². The van der Waals surface area contributed by atoms with Gasteiger partial charge in [-0.2, -0.15) is 0 Å². The highest BCUT2D eigenvalue weighted by Crippen LogP contribution is 2.29. The first kappa shape index (κ1) is 15.4. The molecule has 3 rings (SSSR count). The second-order valence-electron chi connectivity index (χ2n) is 6.27. The molecular formula is C16H22FN3O2. The highest BCUT2D eigenvalue weighted by molar-refractivity contribution is 5.92. The summed E-state index contributed by atoms with van der Waals surface area (Å²) in [5.74, 6) is 0.256. The minimum Gasteiger partial charge on any atom is -0.373 e. The number of carbonyl (C=O) groups excluding carboxylic acids is 1. The largest absolute Gasteiger partial charge is 0.373 e. The van der Waals surface area contributed by atoms with E-state index in [1.165, 1.54) is 25.0 Å². The molecule has 1 saturated heterocycles. The number of nitrogens with zero attached hydrogens (tertiary/aromatic N) is 3. The number of halogens is 1. The Morgan fingerprint density at radius 2 is 2.27 bits per heavy atom. The van der Waals surface area contributed by atoms with Gasteiger partial charge in [0.15, 0.2) is 0 Å². The van der Waals surface area contributed by atoms with Crippen LogP contribution >= 0.6 is 0 Å². The van der Waals surface area contributed by atoms with Gasteiger partial charge in [-0.1, -0.05) is 0 Å². The minimum atomic E-state index is -0.432. The van der Waals surface area contributed by atoms with E-state index in [0.717, 1.165) is 25.2 Å². The molecule has 2 heterocycles. The molecular weight excluding hydrogens is 285 g/mol. The maximum Gasteiger partial charge on any atom is 0.272 e. The van der Waals surface area contributed by atoms with Gasteiger partial charge in [0.2, 0.25) is 0 Å². The van der Waals surface area contributed by atoms with Gasteiger partial charge in [-0.3, -0.25) is 4.79 Å². The molecule has 0 spiro atoms. The van der Waals surface area contributed by atoms with Gasteiger partial charge in [-0.25, -0.2) is 9.37 Å². The van der Waals surface area contributed by atoms with E-state index >= 15 is 0 Å². The molecule has 1 amide bonds. The second-order valence-corrected chi connectivity index (χ2v) is 6.27. The fraction of sp³-hybridized carbons (Fsp3) is 0.625. The predicted octanol–water partition coefficient (Wildman–Crippen LogP) is 1.40. The van der Waals surface area contributed by atoms with Crippen molar-refractivity contribution in [1.29, 1.82) is 0 Å². The molecule has 2 aliphatic rings. The van der Waals surface area contributed by atoms with Crippen LogP contribution in [0.4, 0.5) is 4.39 Å². The number of ether oxygens (including phenoxy) is 1. The summed E-state index contributed by atoms with van der Waals surface area (Å²) < 4.78 is 18.7. The van der Waals surface area contributed by atoms with Gasteiger partial charge >= 0.3 is 0 Å². The number of morpholine rings is 1. The standard InChI is InChI=1S/C16H22FN3O2/c1-19(9-12-2-3-12)10-14-11-20(6-7-22-14)16(21)15-5-4-13(17)8-18-15/h4-5,8,12,14H,2-3,6-7,9-11H2,1H3/t14-/m1/s1. The molecule has 1 aromatic heterocycles. The molecule has 0 aromatic carbocycles. The first-order valence-electron chi connectivity index (χ1n) is 7.83. The van der Waals surface area contributed by atoms with Crippen LogP contribution in [-0.2, 0) is 4.74 Å². The van der Waals surface area contributed by atoms with Crippen LogP contribution in [0.3, 0.4) is 0 Å². The zero-order chi connectivity index (χ0) is 15.5. The van der Waals surface area contributed by atoms with Crippen LogP contribution in [0.5, 0.6) is 0 Å². The molecule has 2 fully saturated rings. The fourth-order valence-electron chi connectivity index (χ4n) is 2.84. The Balaban J connectivity index is 1.55. The summed E-state index contributed by atoms with van der Waals surface area (Å²) in [7, 11) is 2.10. The van der Waals surface area contributed by atoms with Gasteiger partial charge < -0.3 is 14.5 Å². The Bertz CT molecular complexity index is 519. The second kappa shape index (κ2) is 6.71. The van der Waals surface area contributed by atoms with Gasteiger partial charge in [0.25, 0.3) is 5.91 Å². The Labute approximate surface area is 130 Å². The van der Waals surface area contributed by atoms with Crippen molar-refractivity contribution < 1.29 is 13.9 Å². The van der Waals surface area contributed by atoms with E-state index in [4.69, 9.17) is 4.74 Å². The van der Waals surface area contributed by atoms with Crippen molar-refractivity contribution >= 4 is 5.91 Å². The maximum absolute atomic E-state index is 12.9. The molecule has 6 heteroatoms. The summed E-state index contributed by atoms with van der Waals surface area (Å²) in [6, 6.07) is 2.70. The molecule has 5 nitrogen and oxygen atoms in total. The third-order valence-electron chi connectivity index (χ3n) is 4.15. The summed E-state index contributed by atoms with van der Waals surface area (Å²) in [6.45, 7) is 3.59. The number of carbonyl (C=O) groups is 1. The van der Waals surface area contributed by atoms with Crippen molar-refractivity contribution in [3.63, 3.8) is 0 Å². The van der Waals surface area contributed by atoms with Crippen LogP contribution in [0, 0.1) is 11.7 Å². The molecule has 1 aliphatic carbocycles. The van der Waals surface area contributed by atoms with Crippen molar-refractivity contribution in [3.05, 3.63) is 29.8 Å². The van der Waals surface area contributed by atoms with Crippen LogP contribution in [0.15, 0.2) is 18.3 Å². The van der Waals surface area contributed by atoms with Crippen LogP contribution in [0.25, 0.3) is 0 Å². The van der Waals surface area contributed by atoms with Crippen LogP contribution in [0.1, 0.15) is 23.3 Å². The summed E-state index contributed by atoms with van der Waals surface area (Å²) in [6.07, 6.45) is 3.77. The van der Waals surface area contributed by atoms with Crippen molar-refractivity contribution in [1.82, 2.24) is 14.8 Å². The summed E-state index contributed by atoms with van der Waals surface area (Å²) in [5.41, 5.74) is 0.286. The normalized spacial score (nSPS) is 22.1. The lowest BCUT2D eigenvalue weighted by Gasteiger charge is -2.34. The molecule has 1 aromatic rings. The van der Waals surface area contributed by atoms with Gasteiger partial charge in [-0.05, 0) is 37.9 Å². The zero-order valence-corrected chi connectivity index (χ0v) is 12.9. The molecule has 1 aliphatic heterocycles. The van der Waals surface area contributed by atoms with E-state index < -0.39 is 5.82 Å². The number of rotatable bonds is 5. The number of hydrogen-bond acceptors (Lipinski definition) is 4. The fourth-order valence-corrected chi connectivity index (χ4v) is 2.84. The molecule has 0 bridgehead atoms. The molecule has 22 heavy (non-hydrogen) atoms. The minimum absolute atomic E-state index is 0.0295. The quantitative estimate of drug-likeness (QED) is 0.825. The van der Waals surface area contributed by atoms with Crippen LogP contribution < -0.4 is 0 Å². The first-order chi connectivity index (χ1) is 10.6. The number of likely N-dealkylation sites (N-methyl/N-ethyl adjacent to an activating group) is 1. The zero-order valence-electron chi connectivity index (χ0n) is 12.9. The van der Waals surface area contributed by atoms with Crippen LogP contribution in [0.2, 0.25) is 0 Å². The van der Waals surface area contributed by atoms with Crippen molar-refractivity contribution in [3.8, 4) is 0 Å². The smallest absolute Gasteiger partial charge is 0.272 e. The summed E-state index contributed by atoms with van der Waals surface area (Å²) in [4.78, 5) is 20.3. The number of hydrogen-bond donors (Lipinski definition) is 0. The Morgan fingerprint density at radius 3 is 2.95 bits per heavy atom. The third-order valence-corrected chi connectivity index (χ3v) is 4.15. The Kier molecular flexibility index (Phi) is 4.69. The van der Waals surface area contributed by atoms with Gasteiger partial charge in [0.1, 0.15) is 11.5 Å².